The number of imidazole rings is 1. The maximum atomic E-state index is 5.97. The van der Waals surface area contributed by atoms with E-state index in [-0.39, 0.29) is 0 Å². The summed E-state index contributed by atoms with van der Waals surface area (Å²) < 4.78 is 19.1. The van der Waals surface area contributed by atoms with Crippen molar-refractivity contribution in [1.82, 2.24) is 9.55 Å². The zero-order chi connectivity index (χ0) is 22.3. The molecule has 0 aliphatic carbocycles. The summed E-state index contributed by atoms with van der Waals surface area (Å²) in [5.41, 5.74) is 4.61. The zero-order valence-electron chi connectivity index (χ0n) is 19.0. The van der Waals surface area contributed by atoms with Crippen molar-refractivity contribution >= 4 is 11.0 Å². The summed E-state index contributed by atoms with van der Waals surface area (Å²) >= 11 is 0. The second-order valence-electron chi connectivity index (χ2n) is 7.73. The number of fused-ring (bicyclic) bond motifs is 1. The Bertz CT molecular complexity index is 1170. The molecule has 0 amide bonds. The van der Waals surface area contributed by atoms with Gasteiger partial charge in [-0.1, -0.05) is 37.3 Å². The van der Waals surface area contributed by atoms with Gasteiger partial charge in [0, 0.05) is 13.0 Å². The number of benzene rings is 3. The van der Waals surface area contributed by atoms with E-state index in [9.17, 15) is 0 Å². The number of aromatic nitrogens is 2. The van der Waals surface area contributed by atoms with Crippen molar-refractivity contribution in [3.8, 4) is 17.2 Å². The summed E-state index contributed by atoms with van der Waals surface area (Å²) in [7, 11) is 3.31. The molecular weight excluding hydrogens is 400 g/mol. The second kappa shape index (κ2) is 10.2. The van der Waals surface area contributed by atoms with Crippen molar-refractivity contribution < 1.29 is 14.2 Å². The van der Waals surface area contributed by atoms with E-state index in [0.717, 1.165) is 59.1 Å². The van der Waals surface area contributed by atoms with E-state index in [1.165, 1.54) is 5.56 Å². The minimum absolute atomic E-state index is 0.660. The Hall–Kier alpha value is -3.47. The number of rotatable bonds is 10. The molecule has 0 aliphatic rings. The maximum Gasteiger partial charge on any atom is 0.161 e. The Morgan fingerprint density at radius 3 is 2.34 bits per heavy atom. The predicted molar refractivity (Wildman–Crippen MR) is 128 cm³/mol. The van der Waals surface area contributed by atoms with Crippen molar-refractivity contribution in [2.24, 2.45) is 0 Å². The average Bonchev–Trinajstić information content (AvgIpc) is 3.19. The molecule has 5 heteroatoms. The SMILES string of the molecule is CCc1ccc(OCCCn2c(Cc3ccc(OC)c(OC)c3)nc3ccccc32)cc1. The Morgan fingerprint density at radius 2 is 1.59 bits per heavy atom. The fraction of sp³-hybridized carbons (Fsp3) is 0.296. The highest BCUT2D eigenvalue weighted by Gasteiger charge is 2.13. The molecule has 0 radical (unpaired) electrons. The van der Waals surface area contributed by atoms with Gasteiger partial charge in [0.05, 0.1) is 31.9 Å². The van der Waals surface area contributed by atoms with Crippen LogP contribution < -0.4 is 14.2 Å². The first-order chi connectivity index (χ1) is 15.7. The topological polar surface area (TPSA) is 45.5 Å². The van der Waals surface area contributed by atoms with Crippen molar-refractivity contribution in [2.45, 2.75) is 32.7 Å². The Kier molecular flexibility index (Phi) is 6.95. The van der Waals surface area contributed by atoms with Gasteiger partial charge >= 0.3 is 0 Å². The van der Waals surface area contributed by atoms with Crippen LogP contribution in [0.15, 0.2) is 66.7 Å². The Labute approximate surface area is 189 Å². The number of nitrogens with zero attached hydrogens (tertiary/aromatic N) is 2. The van der Waals surface area contributed by atoms with Crippen LogP contribution in [0.5, 0.6) is 17.2 Å². The normalized spacial score (nSPS) is 11.0. The van der Waals surface area contributed by atoms with Crippen LogP contribution in [-0.4, -0.2) is 30.4 Å². The molecule has 1 heterocycles. The number of hydrogen-bond donors (Lipinski definition) is 0. The van der Waals surface area contributed by atoms with E-state index >= 15 is 0 Å². The zero-order valence-corrected chi connectivity index (χ0v) is 19.0. The Balaban J connectivity index is 1.48. The van der Waals surface area contributed by atoms with Gasteiger partial charge in [0.1, 0.15) is 11.6 Å². The van der Waals surface area contributed by atoms with Gasteiger partial charge < -0.3 is 18.8 Å². The number of aryl methyl sites for hydroxylation is 2. The van der Waals surface area contributed by atoms with Gasteiger partial charge in [-0.3, -0.25) is 0 Å². The number of ether oxygens (including phenoxy) is 3. The van der Waals surface area contributed by atoms with Gasteiger partial charge in [-0.15, -0.1) is 0 Å². The monoisotopic (exact) mass is 430 g/mol. The van der Waals surface area contributed by atoms with Crippen molar-refractivity contribution in [3.63, 3.8) is 0 Å². The summed E-state index contributed by atoms with van der Waals surface area (Å²) in [5, 5.41) is 0. The van der Waals surface area contributed by atoms with Crippen molar-refractivity contribution in [1.29, 1.82) is 0 Å². The van der Waals surface area contributed by atoms with Crippen molar-refractivity contribution in [3.05, 3.63) is 83.7 Å². The van der Waals surface area contributed by atoms with Gasteiger partial charge in [0.15, 0.2) is 11.5 Å². The highest BCUT2D eigenvalue weighted by molar-refractivity contribution is 5.76. The lowest BCUT2D eigenvalue weighted by Crippen LogP contribution is -2.08. The van der Waals surface area contributed by atoms with Crippen molar-refractivity contribution in [2.75, 3.05) is 20.8 Å². The molecule has 166 valence electrons. The number of hydrogen-bond acceptors (Lipinski definition) is 4. The lowest BCUT2D eigenvalue weighted by molar-refractivity contribution is 0.302. The maximum absolute atomic E-state index is 5.97. The highest BCUT2D eigenvalue weighted by Crippen LogP contribution is 2.29. The van der Waals surface area contributed by atoms with Crippen LogP contribution in [0.25, 0.3) is 11.0 Å². The molecule has 0 N–H and O–H groups in total. The fourth-order valence-corrected chi connectivity index (χ4v) is 3.92. The van der Waals surface area contributed by atoms with Crippen LogP contribution in [0.3, 0.4) is 0 Å². The van der Waals surface area contributed by atoms with Crippen LogP contribution in [0.2, 0.25) is 0 Å². The van der Waals surface area contributed by atoms with Gasteiger partial charge in [-0.2, -0.15) is 0 Å². The Morgan fingerprint density at radius 1 is 0.844 bits per heavy atom. The lowest BCUT2D eigenvalue weighted by atomic mass is 10.1. The quantitative estimate of drug-likeness (QED) is 0.304. The standard InChI is InChI=1S/C27H30N2O3/c1-4-20-10-13-22(14-11-20)32-17-7-16-29-24-9-6-5-8-23(24)28-27(29)19-21-12-15-25(30-2)26(18-21)31-3/h5-6,8-15,18H,4,7,16-17,19H2,1-3H3. The summed E-state index contributed by atoms with van der Waals surface area (Å²) in [5.74, 6) is 3.41. The summed E-state index contributed by atoms with van der Waals surface area (Å²) in [6, 6.07) is 22.7. The van der Waals surface area contributed by atoms with E-state index in [2.05, 4.69) is 47.9 Å². The summed E-state index contributed by atoms with van der Waals surface area (Å²) in [6.45, 7) is 3.66. The van der Waals surface area contributed by atoms with E-state index in [4.69, 9.17) is 19.2 Å². The third-order valence-electron chi connectivity index (χ3n) is 5.67. The fourth-order valence-electron chi connectivity index (χ4n) is 3.92. The third kappa shape index (κ3) is 4.88. The smallest absolute Gasteiger partial charge is 0.161 e. The molecule has 0 atom stereocenters. The van der Waals surface area contributed by atoms with Crippen LogP contribution in [0.4, 0.5) is 0 Å². The highest BCUT2D eigenvalue weighted by atomic mass is 16.5. The molecular formula is C27H30N2O3. The van der Waals surface area contributed by atoms with Gasteiger partial charge in [-0.25, -0.2) is 4.98 Å². The first kappa shape index (κ1) is 21.8. The predicted octanol–water partition coefficient (Wildman–Crippen LogP) is 5.68. The van der Waals surface area contributed by atoms with E-state index in [1.54, 1.807) is 14.2 Å². The van der Waals surface area contributed by atoms with E-state index < -0.39 is 0 Å². The molecule has 32 heavy (non-hydrogen) atoms. The van der Waals surface area contributed by atoms with Crippen LogP contribution >= 0.6 is 0 Å². The molecule has 4 aromatic rings. The molecule has 5 nitrogen and oxygen atoms in total. The van der Waals surface area contributed by atoms with Crippen LogP contribution in [0, 0.1) is 0 Å². The minimum atomic E-state index is 0.660. The molecule has 0 bridgehead atoms. The molecule has 4 rings (SSSR count). The molecule has 0 aliphatic heterocycles. The number of para-hydroxylation sites is 2. The van der Waals surface area contributed by atoms with Gasteiger partial charge in [-0.05, 0) is 60.4 Å². The van der Waals surface area contributed by atoms with Crippen LogP contribution in [-0.2, 0) is 19.4 Å². The molecule has 0 spiro atoms. The first-order valence-corrected chi connectivity index (χ1v) is 11.1. The number of methoxy groups -OCH3 is 2. The van der Waals surface area contributed by atoms with Crippen LogP contribution in [0.1, 0.15) is 30.3 Å². The third-order valence-corrected chi connectivity index (χ3v) is 5.67. The molecule has 0 saturated heterocycles. The second-order valence-corrected chi connectivity index (χ2v) is 7.73. The minimum Gasteiger partial charge on any atom is -0.494 e. The first-order valence-electron chi connectivity index (χ1n) is 11.1. The largest absolute Gasteiger partial charge is 0.494 e. The van der Waals surface area contributed by atoms with Gasteiger partial charge in [0.25, 0.3) is 0 Å². The summed E-state index contributed by atoms with van der Waals surface area (Å²) in [4.78, 5) is 4.91. The van der Waals surface area contributed by atoms with E-state index in [0.29, 0.717) is 13.0 Å². The molecule has 1 aromatic heterocycles. The lowest BCUT2D eigenvalue weighted by Gasteiger charge is -2.12. The molecule has 0 unspecified atom stereocenters. The molecule has 0 fully saturated rings. The summed E-state index contributed by atoms with van der Waals surface area (Å²) in [6.07, 6.45) is 2.65. The van der Waals surface area contributed by atoms with E-state index in [1.807, 2.05) is 30.3 Å². The molecule has 0 saturated carbocycles. The van der Waals surface area contributed by atoms with Gasteiger partial charge in [0.2, 0.25) is 0 Å². The molecule has 3 aromatic carbocycles. The average molecular weight is 431 g/mol.